The Hall–Kier alpha value is -2.14. The van der Waals surface area contributed by atoms with Gasteiger partial charge in [-0.25, -0.2) is 9.59 Å². The van der Waals surface area contributed by atoms with Gasteiger partial charge in [0.15, 0.2) is 0 Å². The van der Waals surface area contributed by atoms with Gasteiger partial charge in [0.25, 0.3) is 0 Å². The molecule has 5 heteroatoms. The maximum atomic E-state index is 12.0. The molecule has 0 amide bonds. The Morgan fingerprint density at radius 1 is 0.979 bits per heavy atom. The van der Waals surface area contributed by atoms with Gasteiger partial charge in [0.1, 0.15) is 0 Å². The van der Waals surface area contributed by atoms with Crippen LogP contribution in [-0.2, 0) is 19.1 Å². The van der Waals surface area contributed by atoms with Gasteiger partial charge < -0.3 is 14.6 Å². The number of allylic oxidation sites excluding steroid dienone is 4. The van der Waals surface area contributed by atoms with Crippen molar-refractivity contribution < 1.29 is 24.2 Å². The number of ether oxygens (including phenoxy) is 2. The first-order valence-electron chi connectivity index (χ1n) is 19.5. The Morgan fingerprint density at radius 3 is 2.40 bits per heavy atom. The van der Waals surface area contributed by atoms with Crippen molar-refractivity contribution in [1.29, 1.82) is 0 Å². The SMILES string of the molecule is C=CC(=O)OCCC(CCC[C@H]1CC[C@@]2(C)C(=CC[C@H]3[C@@H]4CC[C@H]([C@H](C)/C=C/[C@H](C)C(C)C)[C@@]4(C)CC[C@@H]32)C1)CCOC(=O)C(=C)CO. The summed E-state index contributed by atoms with van der Waals surface area (Å²) in [5, 5.41) is 9.14. The van der Waals surface area contributed by atoms with E-state index in [1.807, 2.05) is 0 Å². The molecule has 4 aliphatic rings. The summed E-state index contributed by atoms with van der Waals surface area (Å²) in [7, 11) is 0. The Kier molecular flexibility index (Phi) is 13.8. The Labute approximate surface area is 293 Å². The number of carbonyl (C=O) groups excluding carboxylic acids is 2. The van der Waals surface area contributed by atoms with Gasteiger partial charge in [-0.3, -0.25) is 0 Å². The van der Waals surface area contributed by atoms with Gasteiger partial charge in [0, 0.05) is 6.08 Å². The molecule has 0 radical (unpaired) electrons. The highest BCUT2D eigenvalue weighted by molar-refractivity contribution is 5.87. The number of hydrogen-bond donors (Lipinski definition) is 1. The van der Waals surface area contributed by atoms with Crippen LogP contribution in [0.2, 0.25) is 0 Å². The fraction of sp³-hybridized carbons (Fsp3) is 0.767. The number of fused-ring (bicyclic) bond motifs is 5. The minimum atomic E-state index is -0.545. The highest BCUT2D eigenvalue weighted by Gasteiger charge is 2.59. The largest absolute Gasteiger partial charge is 0.463 e. The molecule has 1 unspecified atom stereocenters. The fourth-order valence-electron chi connectivity index (χ4n) is 10.6. The minimum Gasteiger partial charge on any atom is -0.463 e. The summed E-state index contributed by atoms with van der Waals surface area (Å²) in [4.78, 5) is 23.5. The molecule has 4 aliphatic carbocycles. The molecule has 0 aromatic heterocycles. The van der Waals surface area contributed by atoms with Crippen LogP contribution in [0, 0.1) is 64.1 Å². The lowest BCUT2D eigenvalue weighted by Crippen LogP contribution is -2.50. The predicted octanol–water partition coefficient (Wildman–Crippen LogP) is 10.1. The summed E-state index contributed by atoms with van der Waals surface area (Å²) in [6.07, 6.45) is 24.6. The van der Waals surface area contributed by atoms with Crippen molar-refractivity contribution in [3.05, 3.63) is 48.6 Å². The molecule has 1 N–H and O–H groups in total. The van der Waals surface area contributed by atoms with Crippen LogP contribution in [-0.4, -0.2) is 36.9 Å². The summed E-state index contributed by atoms with van der Waals surface area (Å²) in [5.74, 6) is 5.49. The van der Waals surface area contributed by atoms with E-state index < -0.39 is 18.5 Å². The van der Waals surface area contributed by atoms with Gasteiger partial charge in [-0.05, 0) is 128 Å². The molecule has 3 saturated carbocycles. The van der Waals surface area contributed by atoms with E-state index in [1.165, 1.54) is 63.9 Å². The number of aliphatic hydroxyl groups is 1. The number of hydrogen-bond acceptors (Lipinski definition) is 5. The van der Waals surface area contributed by atoms with Crippen molar-refractivity contribution in [1.82, 2.24) is 0 Å². The predicted molar refractivity (Wildman–Crippen MR) is 196 cm³/mol. The summed E-state index contributed by atoms with van der Waals surface area (Å²) >= 11 is 0. The molecular weight excluding hydrogens is 596 g/mol. The third-order valence-electron chi connectivity index (χ3n) is 14.1. The van der Waals surface area contributed by atoms with Crippen LogP contribution in [0.3, 0.4) is 0 Å². The summed E-state index contributed by atoms with van der Waals surface area (Å²) < 4.78 is 10.6. The summed E-state index contributed by atoms with van der Waals surface area (Å²) in [5.41, 5.74) is 2.69. The van der Waals surface area contributed by atoms with E-state index >= 15 is 0 Å². The van der Waals surface area contributed by atoms with Crippen molar-refractivity contribution >= 4 is 11.9 Å². The van der Waals surface area contributed by atoms with E-state index in [0.717, 1.165) is 48.9 Å². The van der Waals surface area contributed by atoms with Gasteiger partial charge in [-0.15, -0.1) is 0 Å². The standard InChI is InChI=1S/C43H68O5/c1-9-40(45)47-25-21-33(22-26-48-41(46)32(6)28-44)11-10-12-34-19-23-42(7)35(27-34)15-16-36-38-18-17-37(43(38,8)24-20-39(36)42)31(5)14-13-30(4)29(2)3/h9,13-15,29-31,33-34,36-39,44H,1,6,10-12,16-28H2,2-5,7-8H3/b14-13+/t30-,31+,33?,34-,36-,37+,38-,39-,42-,43+/m0/s1. The summed E-state index contributed by atoms with van der Waals surface area (Å²) in [6.45, 7) is 22.1. The van der Waals surface area contributed by atoms with Crippen LogP contribution < -0.4 is 0 Å². The van der Waals surface area contributed by atoms with E-state index in [-0.39, 0.29) is 12.2 Å². The fourth-order valence-corrected chi connectivity index (χ4v) is 10.6. The van der Waals surface area contributed by atoms with Gasteiger partial charge in [0.05, 0.1) is 25.4 Å². The Bertz CT molecular complexity index is 1180. The first kappa shape index (κ1) is 38.7. The lowest BCUT2D eigenvalue weighted by atomic mass is 9.46. The van der Waals surface area contributed by atoms with Crippen LogP contribution in [0.1, 0.15) is 125 Å². The number of aliphatic hydroxyl groups excluding tert-OH is 1. The Balaban J connectivity index is 1.31. The van der Waals surface area contributed by atoms with E-state index in [9.17, 15) is 9.59 Å². The molecule has 0 spiro atoms. The molecular formula is C43H68O5. The first-order chi connectivity index (χ1) is 22.8. The van der Waals surface area contributed by atoms with E-state index in [4.69, 9.17) is 14.6 Å². The van der Waals surface area contributed by atoms with E-state index in [1.54, 1.807) is 5.57 Å². The third kappa shape index (κ3) is 8.95. The maximum Gasteiger partial charge on any atom is 0.335 e. The van der Waals surface area contributed by atoms with Crippen LogP contribution >= 0.6 is 0 Å². The molecule has 0 aromatic rings. The maximum absolute atomic E-state index is 12.0. The second-order valence-electron chi connectivity index (χ2n) is 17.1. The van der Waals surface area contributed by atoms with Crippen LogP contribution in [0.5, 0.6) is 0 Å². The normalized spacial score (nSPS) is 33.2. The summed E-state index contributed by atoms with van der Waals surface area (Å²) in [6, 6.07) is 0. The first-order valence-corrected chi connectivity index (χ1v) is 19.5. The monoisotopic (exact) mass is 665 g/mol. The smallest absolute Gasteiger partial charge is 0.335 e. The van der Waals surface area contributed by atoms with Crippen LogP contribution in [0.4, 0.5) is 0 Å². The zero-order valence-corrected chi connectivity index (χ0v) is 31.3. The van der Waals surface area contributed by atoms with Crippen molar-refractivity contribution in [2.75, 3.05) is 19.8 Å². The van der Waals surface area contributed by atoms with Crippen molar-refractivity contribution in [2.24, 2.45) is 64.1 Å². The molecule has 0 aliphatic heterocycles. The average Bonchev–Trinajstić information content (AvgIpc) is 3.43. The molecule has 10 atom stereocenters. The molecule has 0 heterocycles. The van der Waals surface area contributed by atoms with Gasteiger partial charge in [0.2, 0.25) is 0 Å². The Morgan fingerprint density at radius 2 is 1.71 bits per heavy atom. The van der Waals surface area contributed by atoms with Gasteiger partial charge in [-0.2, -0.15) is 0 Å². The van der Waals surface area contributed by atoms with E-state index in [2.05, 4.69) is 72.9 Å². The zero-order chi connectivity index (χ0) is 35.1. The van der Waals surface area contributed by atoms with Crippen molar-refractivity contribution in [2.45, 2.75) is 125 Å². The lowest BCUT2D eigenvalue weighted by Gasteiger charge is -2.58. The van der Waals surface area contributed by atoms with Gasteiger partial charge >= 0.3 is 11.9 Å². The molecule has 5 nitrogen and oxygen atoms in total. The van der Waals surface area contributed by atoms with E-state index in [0.29, 0.717) is 47.5 Å². The molecule has 0 saturated heterocycles. The second kappa shape index (κ2) is 17.2. The highest BCUT2D eigenvalue weighted by atomic mass is 16.5. The minimum absolute atomic E-state index is 0.0722. The topological polar surface area (TPSA) is 72.8 Å². The number of esters is 2. The average molecular weight is 665 g/mol. The molecule has 48 heavy (non-hydrogen) atoms. The highest BCUT2D eigenvalue weighted by Crippen LogP contribution is 2.67. The quantitative estimate of drug-likeness (QED) is 0.0952. The number of rotatable bonds is 17. The molecule has 0 aromatic carbocycles. The lowest BCUT2D eigenvalue weighted by molar-refractivity contribution is -0.139. The second-order valence-corrected chi connectivity index (χ2v) is 17.1. The van der Waals surface area contributed by atoms with Crippen molar-refractivity contribution in [3.8, 4) is 0 Å². The van der Waals surface area contributed by atoms with Crippen LogP contribution in [0.25, 0.3) is 0 Å². The molecule has 0 bridgehead atoms. The molecule has 3 fully saturated rings. The third-order valence-corrected chi connectivity index (χ3v) is 14.1. The van der Waals surface area contributed by atoms with Crippen LogP contribution in [0.15, 0.2) is 48.6 Å². The molecule has 270 valence electrons. The number of carbonyl (C=O) groups is 2. The van der Waals surface area contributed by atoms with Gasteiger partial charge in [-0.1, -0.05) is 97.8 Å². The van der Waals surface area contributed by atoms with Crippen molar-refractivity contribution in [3.63, 3.8) is 0 Å². The molecule has 4 rings (SSSR count). The zero-order valence-electron chi connectivity index (χ0n) is 31.3.